The lowest BCUT2D eigenvalue weighted by atomic mass is 10.1. The molecule has 2 N–H and O–H groups in total. The largest absolute Gasteiger partial charge is 0.494 e. The van der Waals surface area contributed by atoms with Crippen molar-refractivity contribution in [2.45, 2.75) is 78.1 Å². The lowest BCUT2D eigenvalue weighted by Gasteiger charge is -2.05. The van der Waals surface area contributed by atoms with Gasteiger partial charge in [0.1, 0.15) is 11.5 Å². The second-order valence-electron chi connectivity index (χ2n) is 9.04. The van der Waals surface area contributed by atoms with Crippen molar-refractivity contribution in [2.24, 2.45) is 10.2 Å². The smallest absolute Gasteiger partial charge is 0.240 e. The fourth-order valence-electron chi connectivity index (χ4n) is 3.36. The molecule has 0 heterocycles. The van der Waals surface area contributed by atoms with Gasteiger partial charge in [0.25, 0.3) is 0 Å². The summed E-state index contributed by atoms with van der Waals surface area (Å²) in [6.07, 6.45) is 11.6. The first-order chi connectivity index (χ1) is 18.6. The van der Waals surface area contributed by atoms with Gasteiger partial charge in [-0.1, -0.05) is 39.5 Å². The minimum atomic E-state index is -0.117. The van der Waals surface area contributed by atoms with Gasteiger partial charge in [-0.15, -0.1) is 0 Å². The first-order valence-corrected chi connectivity index (χ1v) is 13.7. The van der Waals surface area contributed by atoms with E-state index in [-0.39, 0.29) is 11.8 Å². The Morgan fingerprint density at radius 1 is 0.632 bits per heavy atom. The van der Waals surface area contributed by atoms with Gasteiger partial charge in [0.15, 0.2) is 0 Å². The number of hydrazone groups is 2. The maximum Gasteiger partial charge on any atom is 0.240 e. The van der Waals surface area contributed by atoms with Crippen LogP contribution in [0.25, 0.3) is 0 Å². The molecule has 0 unspecified atom stereocenters. The molecule has 0 fully saturated rings. The predicted molar refractivity (Wildman–Crippen MR) is 153 cm³/mol. The topological polar surface area (TPSA) is 101 Å². The highest BCUT2D eigenvalue weighted by Gasteiger charge is 2.02. The molecule has 206 valence electrons. The number of unbranched alkanes of at least 4 members (excludes halogenated alkanes) is 5. The van der Waals surface area contributed by atoms with Crippen molar-refractivity contribution in [3.63, 3.8) is 0 Å². The van der Waals surface area contributed by atoms with Crippen LogP contribution in [0.1, 0.15) is 89.2 Å². The van der Waals surface area contributed by atoms with Gasteiger partial charge in [-0.2, -0.15) is 10.2 Å². The van der Waals surface area contributed by atoms with Gasteiger partial charge < -0.3 is 9.47 Å². The molecular formula is C30H42N4O4. The number of rotatable bonds is 19. The van der Waals surface area contributed by atoms with Crippen LogP contribution in [0, 0.1) is 0 Å². The number of nitrogens with one attached hydrogen (secondary N) is 2. The van der Waals surface area contributed by atoms with E-state index in [0.29, 0.717) is 26.1 Å². The van der Waals surface area contributed by atoms with Crippen LogP contribution < -0.4 is 20.3 Å². The quantitative estimate of drug-likeness (QED) is 0.134. The molecule has 0 saturated carbocycles. The molecular weight excluding hydrogens is 480 g/mol. The number of hydrogen-bond donors (Lipinski definition) is 2. The average Bonchev–Trinajstić information content (AvgIpc) is 2.92. The molecule has 0 spiro atoms. The summed E-state index contributed by atoms with van der Waals surface area (Å²) in [5.74, 6) is 1.43. The number of benzene rings is 2. The molecule has 0 aliphatic rings. The van der Waals surface area contributed by atoms with E-state index in [9.17, 15) is 9.59 Å². The Labute approximate surface area is 226 Å². The summed E-state index contributed by atoms with van der Waals surface area (Å²) >= 11 is 0. The highest BCUT2D eigenvalue weighted by molar-refractivity contribution is 5.83. The van der Waals surface area contributed by atoms with Gasteiger partial charge in [-0.05, 0) is 85.3 Å². The maximum atomic E-state index is 12.0. The second kappa shape index (κ2) is 19.4. The molecule has 0 atom stereocenters. The van der Waals surface area contributed by atoms with E-state index < -0.39 is 0 Å². The van der Waals surface area contributed by atoms with E-state index in [1.165, 1.54) is 0 Å². The SMILES string of the molecule is CCCCOc1ccc(/C=N\NC(=O)CCCCCCC(=O)N/N=C\c2ccc(OCCCC)cc2)cc1. The Kier molecular flexibility index (Phi) is 15.6. The summed E-state index contributed by atoms with van der Waals surface area (Å²) in [4.78, 5) is 23.9. The molecule has 2 rings (SSSR count). The lowest BCUT2D eigenvalue weighted by molar-refractivity contribution is -0.122. The van der Waals surface area contributed by atoms with Crippen molar-refractivity contribution in [1.82, 2.24) is 10.9 Å². The van der Waals surface area contributed by atoms with Gasteiger partial charge in [-0.3, -0.25) is 9.59 Å². The zero-order valence-corrected chi connectivity index (χ0v) is 22.8. The zero-order chi connectivity index (χ0) is 27.3. The molecule has 0 aliphatic carbocycles. The molecule has 0 bridgehead atoms. The molecule has 2 amide bonds. The minimum absolute atomic E-state index is 0.117. The van der Waals surface area contributed by atoms with Crippen molar-refractivity contribution in [1.29, 1.82) is 0 Å². The Morgan fingerprint density at radius 3 is 1.39 bits per heavy atom. The van der Waals surface area contributed by atoms with Crippen molar-refractivity contribution < 1.29 is 19.1 Å². The van der Waals surface area contributed by atoms with Crippen molar-refractivity contribution in [2.75, 3.05) is 13.2 Å². The van der Waals surface area contributed by atoms with Crippen LogP contribution in [0.15, 0.2) is 58.7 Å². The zero-order valence-electron chi connectivity index (χ0n) is 22.8. The maximum absolute atomic E-state index is 12.0. The number of ether oxygens (including phenoxy) is 2. The van der Waals surface area contributed by atoms with E-state index in [1.54, 1.807) is 12.4 Å². The van der Waals surface area contributed by atoms with E-state index in [1.807, 2.05) is 48.5 Å². The second-order valence-corrected chi connectivity index (χ2v) is 9.04. The monoisotopic (exact) mass is 522 g/mol. The van der Waals surface area contributed by atoms with Crippen LogP contribution in [-0.2, 0) is 9.59 Å². The summed E-state index contributed by atoms with van der Waals surface area (Å²) in [6, 6.07) is 15.2. The van der Waals surface area contributed by atoms with Gasteiger partial charge in [-0.25, -0.2) is 10.9 Å². The number of amides is 2. The molecule has 38 heavy (non-hydrogen) atoms. The van der Waals surface area contributed by atoms with Crippen molar-refractivity contribution in [3.05, 3.63) is 59.7 Å². The summed E-state index contributed by atoms with van der Waals surface area (Å²) in [6.45, 7) is 5.69. The lowest BCUT2D eigenvalue weighted by Crippen LogP contribution is -2.17. The molecule has 0 saturated heterocycles. The Balaban J connectivity index is 1.50. The molecule has 0 aromatic heterocycles. The average molecular weight is 523 g/mol. The summed E-state index contributed by atoms with van der Waals surface area (Å²) in [7, 11) is 0. The number of carbonyl (C=O) groups excluding carboxylic acids is 2. The molecule has 0 radical (unpaired) electrons. The van der Waals surface area contributed by atoms with E-state index >= 15 is 0 Å². The molecule has 0 aliphatic heterocycles. The van der Waals surface area contributed by atoms with Gasteiger partial charge in [0.2, 0.25) is 11.8 Å². The van der Waals surface area contributed by atoms with Crippen molar-refractivity contribution >= 4 is 24.2 Å². The fourth-order valence-corrected chi connectivity index (χ4v) is 3.36. The predicted octanol–water partition coefficient (Wildman–Crippen LogP) is 5.99. The molecule has 2 aromatic rings. The fraction of sp³-hybridized carbons (Fsp3) is 0.467. The van der Waals surface area contributed by atoms with Crippen LogP contribution in [0.3, 0.4) is 0 Å². The van der Waals surface area contributed by atoms with Crippen LogP contribution in [0.2, 0.25) is 0 Å². The van der Waals surface area contributed by atoms with Crippen LogP contribution in [0.5, 0.6) is 11.5 Å². The number of carbonyl (C=O) groups is 2. The van der Waals surface area contributed by atoms with Crippen LogP contribution >= 0.6 is 0 Å². The highest BCUT2D eigenvalue weighted by Crippen LogP contribution is 2.13. The first kappa shape index (κ1) is 30.5. The Bertz CT molecular complexity index is 907. The summed E-state index contributed by atoms with van der Waals surface area (Å²) in [5.41, 5.74) is 6.90. The third-order valence-corrected chi connectivity index (χ3v) is 5.66. The standard InChI is InChI=1S/C30H42N4O4/c1-3-5-21-37-27-17-13-25(14-18-27)23-31-33-29(35)11-9-7-8-10-12-30(36)34-32-24-26-15-19-28(20-16-26)38-22-6-4-2/h13-20,23-24H,3-12,21-22H2,1-2H3,(H,33,35)(H,34,36)/b31-23-,32-24-. The third-order valence-electron chi connectivity index (χ3n) is 5.66. The highest BCUT2D eigenvalue weighted by atomic mass is 16.5. The minimum Gasteiger partial charge on any atom is -0.494 e. The molecule has 2 aromatic carbocycles. The summed E-state index contributed by atoms with van der Waals surface area (Å²) in [5, 5.41) is 8.03. The van der Waals surface area contributed by atoms with Gasteiger partial charge in [0, 0.05) is 12.8 Å². The number of nitrogens with zero attached hydrogens (tertiary/aromatic N) is 2. The van der Waals surface area contributed by atoms with Crippen molar-refractivity contribution in [3.8, 4) is 11.5 Å². The first-order valence-electron chi connectivity index (χ1n) is 13.7. The van der Waals surface area contributed by atoms with E-state index in [4.69, 9.17) is 9.47 Å². The Morgan fingerprint density at radius 2 is 1.03 bits per heavy atom. The van der Waals surface area contributed by atoms with Gasteiger partial charge >= 0.3 is 0 Å². The van der Waals surface area contributed by atoms with E-state index in [0.717, 1.165) is 74.0 Å². The summed E-state index contributed by atoms with van der Waals surface area (Å²) < 4.78 is 11.3. The molecule has 8 nitrogen and oxygen atoms in total. The Hall–Kier alpha value is -3.68. The number of hydrogen-bond acceptors (Lipinski definition) is 6. The molecule has 8 heteroatoms. The third kappa shape index (κ3) is 14.2. The van der Waals surface area contributed by atoms with E-state index in [2.05, 4.69) is 34.9 Å². The van der Waals surface area contributed by atoms with Crippen LogP contribution in [0.4, 0.5) is 0 Å². The van der Waals surface area contributed by atoms with Crippen LogP contribution in [-0.4, -0.2) is 37.5 Å². The van der Waals surface area contributed by atoms with Gasteiger partial charge in [0.05, 0.1) is 25.6 Å². The normalized spacial score (nSPS) is 11.1.